The monoisotopic (exact) mass is 370 g/mol. The first-order valence-corrected chi connectivity index (χ1v) is 8.52. The Kier molecular flexibility index (Phi) is 12.5. The van der Waals surface area contributed by atoms with Crippen LogP contribution in [0.5, 0.6) is 0 Å². The summed E-state index contributed by atoms with van der Waals surface area (Å²) in [5.41, 5.74) is 1.16. The molecule has 3 N–H and O–H groups in total. The van der Waals surface area contributed by atoms with Gasteiger partial charge in [-0.15, -0.1) is 0 Å². The van der Waals surface area contributed by atoms with Gasteiger partial charge in [-0.3, -0.25) is 14.4 Å². The van der Waals surface area contributed by atoms with Crippen LogP contribution in [0.25, 0.3) is 0 Å². The minimum Gasteiger partial charge on any atom is -0.483 e. The van der Waals surface area contributed by atoms with Gasteiger partial charge in [0.25, 0.3) is 12.9 Å². The van der Waals surface area contributed by atoms with E-state index in [4.69, 9.17) is 19.8 Å². The van der Waals surface area contributed by atoms with Crippen LogP contribution in [0.3, 0.4) is 0 Å². The number of hydrogen-bond donors (Lipinski definition) is 3. The van der Waals surface area contributed by atoms with Crippen LogP contribution in [0, 0.1) is 5.92 Å². The summed E-state index contributed by atoms with van der Waals surface area (Å²) in [6.07, 6.45) is 6.03. The van der Waals surface area contributed by atoms with Crippen LogP contribution in [0.1, 0.15) is 37.7 Å². The predicted molar refractivity (Wildman–Crippen MR) is 96.7 cm³/mol. The quantitative estimate of drug-likeness (QED) is 0.613. The number of nitrogens with one attached hydrogen (secondary N) is 1. The molecule has 1 atom stereocenters. The van der Waals surface area contributed by atoms with E-state index in [1.807, 2.05) is 18.1 Å². The molecule has 0 bridgehead atoms. The van der Waals surface area contributed by atoms with Crippen molar-refractivity contribution in [2.45, 2.75) is 39.2 Å². The van der Waals surface area contributed by atoms with Gasteiger partial charge in [-0.1, -0.05) is 13.3 Å². The van der Waals surface area contributed by atoms with Gasteiger partial charge >= 0.3 is 0 Å². The lowest BCUT2D eigenvalue weighted by atomic mass is 10.1. The average molecular weight is 370 g/mol. The van der Waals surface area contributed by atoms with Crippen molar-refractivity contribution in [2.75, 3.05) is 27.2 Å². The summed E-state index contributed by atoms with van der Waals surface area (Å²) in [5, 5.41) is 13.8. The maximum absolute atomic E-state index is 11.5. The normalized spacial score (nSPS) is 15.8. The molecule has 0 aromatic carbocycles. The van der Waals surface area contributed by atoms with Gasteiger partial charge in [0.1, 0.15) is 5.82 Å². The standard InChI is InChI=1S/C15H26N4O.2CH2O2/c1-4-5-6-14-16-8-13(17-14)11-18(2)9-12-7-15(20)19(3)10-12;2*2-1-3/h8,12H,4-7,9-11H2,1-3H3,(H,16,17);2*1H,(H,2,3). The number of carbonyl (C=O) groups excluding carboxylic acids is 1. The molecule has 2 heterocycles. The second kappa shape index (κ2) is 13.8. The molecule has 1 amide bonds. The largest absolute Gasteiger partial charge is 0.483 e. The number of amides is 1. The number of aryl methyl sites for hydroxylation is 1. The van der Waals surface area contributed by atoms with Gasteiger partial charge in [0.2, 0.25) is 5.91 Å². The molecular weight excluding hydrogens is 340 g/mol. The van der Waals surface area contributed by atoms with Gasteiger partial charge in [0.15, 0.2) is 0 Å². The molecule has 9 heteroatoms. The maximum Gasteiger partial charge on any atom is 0.290 e. The molecule has 148 valence electrons. The molecule has 1 saturated heterocycles. The summed E-state index contributed by atoms with van der Waals surface area (Å²) in [5.74, 6) is 1.82. The van der Waals surface area contributed by atoms with Crippen LogP contribution in [0.15, 0.2) is 6.20 Å². The number of unbranched alkanes of at least 4 members (excludes halogenated alkanes) is 1. The summed E-state index contributed by atoms with van der Waals surface area (Å²) in [6.45, 7) is 4.40. The summed E-state index contributed by atoms with van der Waals surface area (Å²) < 4.78 is 0. The van der Waals surface area contributed by atoms with Gasteiger partial charge in [-0.2, -0.15) is 0 Å². The van der Waals surface area contributed by atoms with Crippen molar-refractivity contribution in [1.29, 1.82) is 0 Å². The summed E-state index contributed by atoms with van der Waals surface area (Å²) in [6, 6.07) is 0. The Hall–Kier alpha value is -2.42. The number of carboxylic acid groups (broad SMARTS) is 2. The number of nitrogens with zero attached hydrogens (tertiary/aromatic N) is 3. The van der Waals surface area contributed by atoms with Crippen LogP contribution >= 0.6 is 0 Å². The van der Waals surface area contributed by atoms with Crippen molar-refractivity contribution < 1.29 is 24.6 Å². The highest BCUT2D eigenvalue weighted by molar-refractivity contribution is 5.78. The lowest BCUT2D eigenvalue weighted by molar-refractivity contribution is -0.126. The van der Waals surface area contributed by atoms with Crippen LogP contribution in [0.2, 0.25) is 0 Å². The second-order valence-electron chi connectivity index (χ2n) is 6.21. The highest BCUT2D eigenvalue weighted by Crippen LogP contribution is 2.17. The van der Waals surface area contributed by atoms with Gasteiger partial charge in [0.05, 0.1) is 0 Å². The number of carbonyl (C=O) groups is 3. The first-order chi connectivity index (χ1) is 12.4. The van der Waals surface area contributed by atoms with Gasteiger partial charge in [-0.05, 0) is 19.4 Å². The van der Waals surface area contributed by atoms with Crippen molar-refractivity contribution in [2.24, 2.45) is 5.92 Å². The molecule has 1 unspecified atom stereocenters. The highest BCUT2D eigenvalue weighted by atomic mass is 16.3. The molecule has 0 radical (unpaired) electrons. The lowest BCUT2D eigenvalue weighted by Gasteiger charge is -2.19. The molecule has 2 rings (SSSR count). The third-order valence-corrected chi connectivity index (χ3v) is 3.88. The Bertz CT molecular complexity index is 529. The van der Waals surface area contributed by atoms with E-state index >= 15 is 0 Å². The zero-order chi connectivity index (χ0) is 19.9. The molecule has 1 aromatic rings. The molecule has 0 saturated carbocycles. The number of likely N-dealkylation sites (tertiary alicyclic amines) is 1. The fourth-order valence-electron chi connectivity index (χ4n) is 2.83. The molecule has 0 spiro atoms. The number of imidazole rings is 1. The first-order valence-electron chi connectivity index (χ1n) is 8.52. The predicted octanol–water partition coefficient (Wildman–Crippen LogP) is 1.06. The van der Waals surface area contributed by atoms with E-state index in [2.05, 4.69) is 28.8 Å². The molecule has 1 aliphatic rings. The fraction of sp³-hybridized carbons (Fsp3) is 0.647. The number of hydrogen-bond acceptors (Lipinski definition) is 5. The van der Waals surface area contributed by atoms with E-state index in [1.165, 1.54) is 12.8 Å². The topological polar surface area (TPSA) is 127 Å². The Labute approximate surface area is 154 Å². The Morgan fingerprint density at radius 1 is 1.38 bits per heavy atom. The van der Waals surface area contributed by atoms with Crippen LogP contribution in [0.4, 0.5) is 0 Å². The van der Waals surface area contributed by atoms with E-state index in [0.717, 1.165) is 37.6 Å². The molecule has 9 nitrogen and oxygen atoms in total. The number of rotatable bonds is 7. The van der Waals surface area contributed by atoms with Gasteiger partial charge in [-0.25, -0.2) is 4.98 Å². The Morgan fingerprint density at radius 2 is 2.00 bits per heavy atom. The third kappa shape index (κ3) is 9.77. The average Bonchev–Trinajstić information content (AvgIpc) is 3.13. The number of aromatic nitrogens is 2. The van der Waals surface area contributed by atoms with Crippen molar-refractivity contribution in [3.05, 3.63) is 17.7 Å². The zero-order valence-corrected chi connectivity index (χ0v) is 15.7. The van der Waals surface area contributed by atoms with E-state index < -0.39 is 0 Å². The number of H-pyrrole nitrogens is 1. The van der Waals surface area contributed by atoms with Crippen LogP contribution in [-0.2, 0) is 27.3 Å². The van der Waals surface area contributed by atoms with Crippen molar-refractivity contribution >= 4 is 18.9 Å². The van der Waals surface area contributed by atoms with E-state index in [-0.39, 0.29) is 18.9 Å². The van der Waals surface area contributed by atoms with E-state index in [9.17, 15) is 4.79 Å². The van der Waals surface area contributed by atoms with Crippen molar-refractivity contribution in [3.8, 4) is 0 Å². The fourth-order valence-corrected chi connectivity index (χ4v) is 2.83. The minimum absolute atomic E-state index is 0.250. The van der Waals surface area contributed by atoms with Crippen LogP contribution in [-0.4, -0.2) is 76.0 Å². The van der Waals surface area contributed by atoms with Crippen LogP contribution < -0.4 is 0 Å². The third-order valence-electron chi connectivity index (χ3n) is 3.88. The van der Waals surface area contributed by atoms with E-state index in [1.54, 1.807) is 0 Å². The van der Waals surface area contributed by atoms with Crippen molar-refractivity contribution in [1.82, 2.24) is 19.8 Å². The van der Waals surface area contributed by atoms with Crippen molar-refractivity contribution in [3.63, 3.8) is 0 Å². The summed E-state index contributed by atoms with van der Waals surface area (Å²) in [4.78, 5) is 40.2. The Morgan fingerprint density at radius 3 is 2.50 bits per heavy atom. The zero-order valence-electron chi connectivity index (χ0n) is 15.7. The lowest BCUT2D eigenvalue weighted by Crippen LogP contribution is -2.27. The second-order valence-corrected chi connectivity index (χ2v) is 6.21. The molecule has 0 aliphatic carbocycles. The molecule has 1 aliphatic heterocycles. The van der Waals surface area contributed by atoms with Gasteiger partial charge < -0.3 is 25.0 Å². The smallest absolute Gasteiger partial charge is 0.290 e. The minimum atomic E-state index is -0.250. The SMILES string of the molecule is CCCCc1ncc(CN(C)CC2CC(=O)N(C)C2)[nH]1.O=CO.O=CO. The molecular formula is C17H30N4O5. The molecule has 1 fully saturated rings. The first kappa shape index (κ1) is 23.6. The number of aromatic amines is 1. The molecule has 26 heavy (non-hydrogen) atoms. The molecule has 1 aromatic heterocycles. The van der Waals surface area contributed by atoms with E-state index in [0.29, 0.717) is 12.3 Å². The summed E-state index contributed by atoms with van der Waals surface area (Å²) in [7, 11) is 3.99. The van der Waals surface area contributed by atoms with Gasteiger partial charge in [0, 0.05) is 51.4 Å². The summed E-state index contributed by atoms with van der Waals surface area (Å²) >= 11 is 0. The highest BCUT2D eigenvalue weighted by Gasteiger charge is 2.27. The Balaban J connectivity index is 0.000000918. The maximum atomic E-state index is 11.5.